The lowest BCUT2D eigenvalue weighted by Crippen LogP contribution is -2.01. The van der Waals surface area contributed by atoms with Crippen molar-refractivity contribution in [1.82, 2.24) is 0 Å². The Morgan fingerprint density at radius 2 is 1.95 bits per heavy atom. The van der Waals surface area contributed by atoms with E-state index in [0.717, 1.165) is 12.8 Å². The number of hydrogen-bond donors (Lipinski definition) is 1. The van der Waals surface area contributed by atoms with E-state index in [1.807, 2.05) is 0 Å². The molecule has 2 nitrogen and oxygen atoms in total. The fraction of sp³-hybridized carbons (Fsp3) is 0.353. The summed E-state index contributed by atoms with van der Waals surface area (Å²) in [5, 5.41) is 11.6. The van der Waals surface area contributed by atoms with Crippen LogP contribution in [0.25, 0.3) is 10.8 Å². The maximum atomic E-state index is 10.7. The van der Waals surface area contributed by atoms with Crippen LogP contribution in [0.15, 0.2) is 30.3 Å². The summed E-state index contributed by atoms with van der Waals surface area (Å²) in [6.45, 7) is 2.13. The molecule has 0 spiro atoms. The van der Waals surface area contributed by atoms with Crippen LogP contribution in [0.4, 0.5) is 0 Å². The standard InChI is InChI=1S/C17H18O2/c1-11(5-10-16(18)19)14-9-8-13-7-6-12-3-2-4-15(14)17(12)13/h2-4,8-9,11H,5-7,10H2,1H3,(H,18,19). The molecule has 1 atom stereocenters. The number of benzene rings is 2. The minimum absolute atomic E-state index is 0.240. The number of rotatable bonds is 4. The highest BCUT2D eigenvalue weighted by atomic mass is 16.4. The smallest absolute Gasteiger partial charge is 0.303 e. The van der Waals surface area contributed by atoms with Gasteiger partial charge in [0.1, 0.15) is 0 Å². The van der Waals surface area contributed by atoms with E-state index in [9.17, 15) is 4.79 Å². The lowest BCUT2D eigenvalue weighted by molar-refractivity contribution is -0.137. The molecule has 1 aliphatic rings. The summed E-state index contributed by atoms with van der Waals surface area (Å²) in [4.78, 5) is 10.7. The molecule has 0 saturated carbocycles. The third-order valence-electron chi connectivity index (χ3n) is 4.23. The van der Waals surface area contributed by atoms with Gasteiger partial charge < -0.3 is 5.11 Å². The van der Waals surface area contributed by atoms with Crippen LogP contribution in [0.3, 0.4) is 0 Å². The zero-order valence-electron chi connectivity index (χ0n) is 11.1. The first-order valence-electron chi connectivity index (χ1n) is 6.92. The topological polar surface area (TPSA) is 37.3 Å². The van der Waals surface area contributed by atoms with Crippen molar-refractivity contribution in [1.29, 1.82) is 0 Å². The quantitative estimate of drug-likeness (QED) is 0.898. The monoisotopic (exact) mass is 254 g/mol. The molecular weight excluding hydrogens is 236 g/mol. The molecule has 2 aromatic rings. The maximum Gasteiger partial charge on any atom is 0.303 e. The molecule has 0 radical (unpaired) electrons. The number of hydrogen-bond acceptors (Lipinski definition) is 1. The van der Waals surface area contributed by atoms with Crippen LogP contribution in [0.1, 0.15) is 42.4 Å². The van der Waals surface area contributed by atoms with Crippen LogP contribution in [-0.2, 0) is 17.6 Å². The molecule has 98 valence electrons. The fourth-order valence-electron chi connectivity index (χ4n) is 3.19. The molecule has 0 bridgehead atoms. The van der Waals surface area contributed by atoms with Crippen molar-refractivity contribution in [2.24, 2.45) is 0 Å². The summed E-state index contributed by atoms with van der Waals surface area (Å²) < 4.78 is 0. The number of carbonyl (C=O) groups is 1. The van der Waals surface area contributed by atoms with E-state index in [2.05, 4.69) is 37.3 Å². The van der Waals surface area contributed by atoms with Crippen molar-refractivity contribution in [3.8, 4) is 0 Å². The number of aliphatic carboxylic acids is 1. The summed E-state index contributed by atoms with van der Waals surface area (Å²) in [6, 6.07) is 10.9. The van der Waals surface area contributed by atoms with E-state index in [1.54, 1.807) is 0 Å². The Morgan fingerprint density at radius 1 is 1.21 bits per heavy atom. The first-order valence-corrected chi connectivity index (χ1v) is 6.92. The molecule has 1 unspecified atom stereocenters. The SMILES string of the molecule is CC(CCC(=O)O)c1ccc2c3c(cccc13)CC2. The van der Waals surface area contributed by atoms with E-state index in [-0.39, 0.29) is 6.42 Å². The summed E-state index contributed by atoms with van der Waals surface area (Å²) in [5.41, 5.74) is 4.18. The summed E-state index contributed by atoms with van der Waals surface area (Å²) in [6.07, 6.45) is 3.22. The van der Waals surface area contributed by atoms with Gasteiger partial charge in [0.15, 0.2) is 0 Å². The van der Waals surface area contributed by atoms with Gasteiger partial charge in [0.25, 0.3) is 0 Å². The van der Waals surface area contributed by atoms with Crippen LogP contribution in [-0.4, -0.2) is 11.1 Å². The number of carboxylic acids is 1. The highest BCUT2D eigenvalue weighted by molar-refractivity contribution is 5.93. The van der Waals surface area contributed by atoms with Gasteiger partial charge in [-0.2, -0.15) is 0 Å². The van der Waals surface area contributed by atoms with Gasteiger partial charge in [-0.3, -0.25) is 4.79 Å². The van der Waals surface area contributed by atoms with Gasteiger partial charge in [-0.05, 0) is 52.6 Å². The second-order valence-corrected chi connectivity index (χ2v) is 5.49. The summed E-state index contributed by atoms with van der Waals surface area (Å²) in [7, 11) is 0. The second-order valence-electron chi connectivity index (χ2n) is 5.49. The van der Waals surface area contributed by atoms with Crippen molar-refractivity contribution in [2.45, 2.75) is 38.5 Å². The Hall–Kier alpha value is -1.83. The Bertz CT molecular complexity index is 633. The molecule has 0 fully saturated rings. The molecular formula is C17H18O2. The van der Waals surface area contributed by atoms with Crippen LogP contribution in [0.5, 0.6) is 0 Å². The zero-order chi connectivity index (χ0) is 13.4. The van der Waals surface area contributed by atoms with E-state index in [0.29, 0.717) is 12.3 Å². The Balaban J connectivity index is 2.03. The molecule has 0 amide bonds. The molecule has 3 rings (SSSR count). The van der Waals surface area contributed by atoms with Crippen molar-refractivity contribution in [3.05, 3.63) is 47.0 Å². The summed E-state index contributed by atoms with van der Waals surface area (Å²) >= 11 is 0. The molecule has 2 heteroatoms. The second kappa shape index (κ2) is 4.69. The first kappa shape index (κ1) is 12.2. The van der Waals surface area contributed by atoms with Gasteiger partial charge in [0, 0.05) is 6.42 Å². The van der Waals surface area contributed by atoms with Crippen molar-refractivity contribution in [2.75, 3.05) is 0 Å². The predicted octanol–water partition coefficient (Wildman–Crippen LogP) is 3.91. The molecule has 0 aromatic heterocycles. The fourth-order valence-corrected chi connectivity index (χ4v) is 3.19. The van der Waals surface area contributed by atoms with Gasteiger partial charge in [0.2, 0.25) is 0 Å². The van der Waals surface area contributed by atoms with E-state index >= 15 is 0 Å². The molecule has 1 N–H and O–H groups in total. The largest absolute Gasteiger partial charge is 0.481 e. The number of carboxylic acid groups (broad SMARTS) is 1. The van der Waals surface area contributed by atoms with Gasteiger partial charge in [0.05, 0.1) is 0 Å². The van der Waals surface area contributed by atoms with E-state index in [1.165, 1.54) is 27.5 Å². The minimum Gasteiger partial charge on any atom is -0.481 e. The maximum absolute atomic E-state index is 10.7. The highest BCUT2D eigenvalue weighted by Crippen LogP contribution is 2.36. The van der Waals surface area contributed by atoms with Crippen LogP contribution in [0, 0.1) is 0 Å². The van der Waals surface area contributed by atoms with Crippen molar-refractivity contribution >= 4 is 16.7 Å². The Kier molecular flexibility index (Phi) is 3.02. The minimum atomic E-state index is -0.710. The third-order valence-corrected chi connectivity index (χ3v) is 4.23. The van der Waals surface area contributed by atoms with Gasteiger partial charge in [-0.15, -0.1) is 0 Å². The molecule has 0 aliphatic heterocycles. The Morgan fingerprint density at radius 3 is 2.68 bits per heavy atom. The van der Waals surface area contributed by atoms with Crippen LogP contribution >= 0.6 is 0 Å². The van der Waals surface area contributed by atoms with Gasteiger partial charge in [-0.1, -0.05) is 37.3 Å². The molecule has 2 aromatic carbocycles. The van der Waals surface area contributed by atoms with Crippen molar-refractivity contribution < 1.29 is 9.90 Å². The van der Waals surface area contributed by atoms with Crippen LogP contribution < -0.4 is 0 Å². The van der Waals surface area contributed by atoms with E-state index in [4.69, 9.17) is 5.11 Å². The van der Waals surface area contributed by atoms with E-state index < -0.39 is 5.97 Å². The van der Waals surface area contributed by atoms with Gasteiger partial charge in [-0.25, -0.2) is 0 Å². The first-order chi connectivity index (χ1) is 9.16. The Labute approximate surface area is 113 Å². The summed E-state index contributed by atoms with van der Waals surface area (Å²) in [5.74, 6) is -0.418. The number of aryl methyl sites for hydroxylation is 2. The predicted molar refractivity (Wildman–Crippen MR) is 76.6 cm³/mol. The van der Waals surface area contributed by atoms with Crippen LogP contribution in [0.2, 0.25) is 0 Å². The van der Waals surface area contributed by atoms with Gasteiger partial charge >= 0.3 is 5.97 Å². The zero-order valence-corrected chi connectivity index (χ0v) is 11.1. The highest BCUT2D eigenvalue weighted by Gasteiger charge is 2.18. The molecule has 0 heterocycles. The average Bonchev–Trinajstić information content (AvgIpc) is 2.82. The molecule has 19 heavy (non-hydrogen) atoms. The van der Waals surface area contributed by atoms with Crippen molar-refractivity contribution in [3.63, 3.8) is 0 Å². The molecule has 1 aliphatic carbocycles. The lowest BCUT2D eigenvalue weighted by Gasteiger charge is -2.15. The third kappa shape index (κ3) is 2.12. The lowest BCUT2D eigenvalue weighted by atomic mass is 9.90. The average molecular weight is 254 g/mol. The normalized spacial score (nSPS) is 14.8. The molecule has 0 saturated heterocycles.